The second-order valence-electron chi connectivity index (χ2n) is 5.20. The van der Waals surface area contributed by atoms with Gasteiger partial charge < -0.3 is 5.11 Å². The smallest absolute Gasteiger partial charge is 0.131 e. The Bertz CT molecular complexity index is 507. The molecule has 0 spiro atoms. The highest BCUT2D eigenvalue weighted by atomic mass is 32.1. The van der Waals surface area contributed by atoms with Gasteiger partial charge in [0.2, 0.25) is 0 Å². The quantitative estimate of drug-likeness (QED) is 0.895. The fraction of sp³-hybridized carbons (Fsp3) is 0.462. The zero-order chi connectivity index (χ0) is 12.6. The van der Waals surface area contributed by atoms with E-state index in [1.165, 1.54) is 0 Å². The highest BCUT2D eigenvalue weighted by Crippen LogP contribution is 2.32. The molecule has 0 aliphatic rings. The van der Waals surface area contributed by atoms with Gasteiger partial charge in [-0.25, -0.2) is 4.98 Å². The topological polar surface area (TPSA) is 33.1 Å². The van der Waals surface area contributed by atoms with Gasteiger partial charge in [0.1, 0.15) is 6.10 Å². The van der Waals surface area contributed by atoms with E-state index in [1.54, 1.807) is 22.7 Å². The number of nitrogens with zero attached hydrogens (tertiary/aromatic N) is 1. The maximum absolute atomic E-state index is 10.3. The first-order valence-electron chi connectivity index (χ1n) is 5.57. The van der Waals surface area contributed by atoms with E-state index < -0.39 is 6.10 Å². The Balaban J connectivity index is 2.30. The third-order valence-electron chi connectivity index (χ3n) is 2.59. The number of aromatic nitrogens is 1. The molecule has 0 aliphatic heterocycles. The van der Waals surface area contributed by atoms with Crippen molar-refractivity contribution in [1.29, 1.82) is 0 Å². The van der Waals surface area contributed by atoms with Crippen LogP contribution in [0.25, 0.3) is 0 Å². The summed E-state index contributed by atoms with van der Waals surface area (Å²) >= 11 is 3.21. The van der Waals surface area contributed by atoms with Crippen molar-refractivity contribution in [2.45, 2.75) is 39.2 Å². The molecule has 1 atom stereocenters. The average Bonchev–Trinajstić information content (AvgIpc) is 2.83. The maximum atomic E-state index is 10.3. The molecule has 2 rings (SSSR count). The molecule has 0 radical (unpaired) electrons. The van der Waals surface area contributed by atoms with Crippen molar-refractivity contribution < 1.29 is 5.11 Å². The van der Waals surface area contributed by atoms with Crippen LogP contribution in [0, 0.1) is 6.92 Å². The van der Waals surface area contributed by atoms with Gasteiger partial charge in [-0.15, -0.1) is 22.7 Å². The van der Waals surface area contributed by atoms with Crippen molar-refractivity contribution in [3.8, 4) is 0 Å². The van der Waals surface area contributed by atoms with E-state index in [9.17, 15) is 5.11 Å². The number of thiophene rings is 1. The average molecular weight is 267 g/mol. The van der Waals surface area contributed by atoms with E-state index in [4.69, 9.17) is 0 Å². The molecule has 0 saturated heterocycles. The molecular weight excluding hydrogens is 250 g/mol. The predicted molar refractivity (Wildman–Crippen MR) is 73.9 cm³/mol. The van der Waals surface area contributed by atoms with Gasteiger partial charge in [0, 0.05) is 15.7 Å². The largest absolute Gasteiger partial charge is 0.381 e. The Morgan fingerprint density at radius 3 is 2.47 bits per heavy atom. The van der Waals surface area contributed by atoms with Crippen LogP contribution >= 0.6 is 22.7 Å². The second kappa shape index (κ2) is 4.52. The van der Waals surface area contributed by atoms with Gasteiger partial charge in [-0.1, -0.05) is 20.8 Å². The highest BCUT2D eigenvalue weighted by Gasteiger charge is 2.22. The molecule has 2 aromatic heterocycles. The van der Waals surface area contributed by atoms with Crippen molar-refractivity contribution in [2.24, 2.45) is 0 Å². The molecule has 4 heteroatoms. The Morgan fingerprint density at radius 2 is 2.00 bits per heavy atom. The number of rotatable bonds is 2. The summed E-state index contributed by atoms with van der Waals surface area (Å²) in [6, 6.07) is 2.03. The zero-order valence-electron chi connectivity index (χ0n) is 10.5. The van der Waals surface area contributed by atoms with E-state index >= 15 is 0 Å². The van der Waals surface area contributed by atoms with Gasteiger partial charge >= 0.3 is 0 Å². The molecule has 0 fully saturated rings. The lowest BCUT2D eigenvalue weighted by Gasteiger charge is -2.14. The van der Waals surface area contributed by atoms with Gasteiger partial charge in [-0.05, 0) is 23.9 Å². The standard InChI is InChI=1S/C13H17NOS2/c1-8-5-6-16-11(8)10(15)9-7-17-12(14-9)13(2,3)4/h5-7,10,15H,1-4H3. The molecule has 0 aromatic carbocycles. The van der Waals surface area contributed by atoms with Gasteiger partial charge in [0.25, 0.3) is 0 Å². The van der Waals surface area contributed by atoms with Crippen molar-refractivity contribution in [2.75, 3.05) is 0 Å². The van der Waals surface area contributed by atoms with Crippen LogP contribution in [0.4, 0.5) is 0 Å². The zero-order valence-corrected chi connectivity index (χ0v) is 12.2. The summed E-state index contributed by atoms with van der Waals surface area (Å²) in [5, 5.41) is 15.3. The van der Waals surface area contributed by atoms with Crippen molar-refractivity contribution in [1.82, 2.24) is 4.98 Å². The molecule has 0 aliphatic carbocycles. The Labute approximate surface area is 110 Å². The van der Waals surface area contributed by atoms with Crippen molar-refractivity contribution in [3.63, 3.8) is 0 Å². The lowest BCUT2D eigenvalue weighted by molar-refractivity contribution is 0.219. The summed E-state index contributed by atoms with van der Waals surface area (Å²) in [6.07, 6.45) is -0.581. The van der Waals surface area contributed by atoms with E-state index in [1.807, 2.05) is 23.8 Å². The molecule has 17 heavy (non-hydrogen) atoms. The summed E-state index contributed by atoms with van der Waals surface area (Å²) in [7, 11) is 0. The molecule has 92 valence electrons. The van der Waals surface area contributed by atoms with Crippen LogP contribution in [-0.2, 0) is 5.41 Å². The summed E-state index contributed by atoms with van der Waals surface area (Å²) in [6.45, 7) is 8.43. The summed E-state index contributed by atoms with van der Waals surface area (Å²) in [4.78, 5) is 5.55. The van der Waals surface area contributed by atoms with Crippen molar-refractivity contribution in [3.05, 3.63) is 38.0 Å². The summed E-state index contributed by atoms with van der Waals surface area (Å²) in [5.74, 6) is 0. The van der Waals surface area contributed by atoms with Gasteiger partial charge in [-0.3, -0.25) is 0 Å². The fourth-order valence-electron chi connectivity index (χ4n) is 1.56. The number of aliphatic hydroxyl groups is 1. The first-order chi connectivity index (χ1) is 7.89. The molecule has 1 unspecified atom stereocenters. The van der Waals surface area contributed by atoms with E-state index in [2.05, 4.69) is 25.8 Å². The van der Waals surface area contributed by atoms with Crippen LogP contribution in [0.15, 0.2) is 16.8 Å². The van der Waals surface area contributed by atoms with E-state index in [0.29, 0.717) is 0 Å². The number of aryl methyl sites for hydroxylation is 1. The number of aliphatic hydroxyl groups excluding tert-OH is 1. The van der Waals surface area contributed by atoms with Crippen LogP contribution in [0.5, 0.6) is 0 Å². The number of hydrogen-bond donors (Lipinski definition) is 1. The third-order valence-corrected chi connectivity index (χ3v) is 4.95. The summed E-state index contributed by atoms with van der Waals surface area (Å²) < 4.78 is 0. The van der Waals surface area contributed by atoms with E-state index in [0.717, 1.165) is 21.1 Å². The number of thiazole rings is 1. The number of hydrogen-bond acceptors (Lipinski definition) is 4. The van der Waals surface area contributed by atoms with Crippen LogP contribution in [0.3, 0.4) is 0 Å². The molecule has 0 bridgehead atoms. The molecule has 0 amide bonds. The molecular formula is C13H17NOS2. The van der Waals surface area contributed by atoms with Crippen LogP contribution in [-0.4, -0.2) is 10.1 Å². The fourth-order valence-corrected chi connectivity index (χ4v) is 3.40. The Hall–Kier alpha value is -0.710. The highest BCUT2D eigenvalue weighted by molar-refractivity contribution is 7.10. The Kier molecular flexibility index (Phi) is 3.39. The normalized spacial score (nSPS) is 13.9. The minimum Gasteiger partial charge on any atom is -0.381 e. The first kappa shape index (κ1) is 12.7. The second-order valence-corrected chi connectivity index (χ2v) is 7.00. The maximum Gasteiger partial charge on any atom is 0.131 e. The molecule has 2 aromatic rings. The summed E-state index contributed by atoms with van der Waals surface area (Å²) in [5.41, 5.74) is 1.95. The van der Waals surface area contributed by atoms with Crippen LogP contribution < -0.4 is 0 Å². The SMILES string of the molecule is Cc1ccsc1C(O)c1csc(C(C)(C)C)n1. The predicted octanol–water partition coefficient (Wildman–Crippen LogP) is 3.89. The lowest BCUT2D eigenvalue weighted by Crippen LogP contribution is -2.11. The monoisotopic (exact) mass is 267 g/mol. The first-order valence-corrected chi connectivity index (χ1v) is 7.33. The van der Waals surface area contributed by atoms with Crippen LogP contribution in [0.2, 0.25) is 0 Å². The third kappa shape index (κ3) is 2.59. The van der Waals surface area contributed by atoms with Crippen molar-refractivity contribution >= 4 is 22.7 Å². The molecule has 2 heterocycles. The molecule has 0 saturated carbocycles. The molecule has 2 nitrogen and oxygen atoms in total. The van der Waals surface area contributed by atoms with Gasteiger partial charge in [0.15, 0.2) is 0 Å². The minimum atomic E-state index is -0.581. The molecule has 1 N–H and O–H groups in total. The van der Waals surface area contributed by atoms with Gasteiger partial charge in [-0.2, -0.15) is 0 Å². The Morgan fingerprint density at radius 1 is 1.29 bits per heavy atom. The lowest BCUT2D eigenvalue weighted by atomic mass is 9.98. The van der Waals surface area contributed by atoms with Crippen LogP contribution in [0.1, 0.15) is 48.0 Å². The van der Waals surface area contributed by atoms with Gasteiger partial charge in [0.05, 0.1) is 10.7 Å². The van der Waals surface area contributed by atoms with E-state index in [-0.39, 0.29) is 5.41 Å². The minimum absolute atomic E-state index is 0.0487.